The molecule has 78 valence electrons. The van der Waals surface area contributed by atoms with Gasteiger partial charge in [0, 0.05) is 6.54 Å². The van der Waals surface area contributed by atoms with E-state index in [1.54, 1.807) is 0 Å². The van der Waals surface area contributed by atoms with Crippen LogP contribution in [0.15, 0.2) is 6.33 Å². The van der Waals surface area contributed by atoms with Crippen LogP contribution < -0.4 is 10.6 Å². The lowest BCUT2D eigenvalue weighted by atomic mass is 10.2. The van der Waals surface area contributed by atoms with E-state index >= 15 is 0 Å². The van der Waals surface area contributed by atoms with Gasteiger partial charge in [0.15, 0.2) is 5.11 Å². The lowest BCUT2D eigenvalue weighted by molar-refractivity contribution is 0.618. The first kappa shape index (κ1) is 10.9. The van der Waals surface area contributed by atoms with E-state index in [-0.39, 0.29) is 0 Å². The molecule has 0 amide bonds. The topological polar surface area (TPSA) is 65.6 Å². The largest absolute Gasteiger partial charge is 0.362 e. The molecule has 1 aromatic rings. The van der Waals surface area contributed by atoms with E-state index in [4.69, 9.17) is 12.2 Å². The minimum absolute atomic E-state index is 0.573. The van der Waals surface area contributed by atoms with Gasteiger partial charge in [-0.3, -0.25) is 5.10 Å². The maximum absolute atomic E-state index is 5.06. The van der Waals surface area contributed by atoms with Crippen LogP contribution in [0.25, 0.3) is 0 Å². The predicted octanol–water partition coefficient (Wildman–Crippen LogP) is 0.425. The summed E-state index contributed by atoms with van der Waals surface area (Å²) in [5, 5.41) is 13.3. The zero-order chi connectivity index (χ0) is 10.4. The quantitative estimate of drug-likeness (QED) is 0.633. The SMILES string of the molecule is CC(C)CNC(=S)NCc1ncn[nH]1. The van der Waals surface area contributed by atoms with Gasteiger partial charge >= 0.3 is 0 Å². The third-order valence-electron chi connectivity index (χ3n) is 1.55. The van der Waals surface area contributed by atoms with Crippen molar-refractivity contribution in [3.63, 3.8) is 0 Å². The highest BCUT2D eigenvalue weighted by atomic mass is 32.1. The summed E-state index contributed by atoms with van der Waals surface area (Å²) < 4.78 is 0. The van der Waals surface area contributed by atoms with E-state index in [0.717, 1.165) is 12.4 Å². The van der Waals surface area contributed by atoms with E-state index in [0.29, 0.717) is 17.6 Å². The first-order valence-electron chi connectivity index (χ1n) is 4.54. The van der Waals surface area contributed by atoms with Crippen molar-refractivity contribution in [1.82, 2.24) is 25.8 Å². The molecule has 0 aliphatic carbocycles. The molecule has 0 fully saturated rings. The van der Waals surface area contributed by atoms with E-state index < -0.39 is 0 Å². The molecule has 0 atom stereocenters. The molecule has 0 aromatic carbocycles. The lowest BCUT2D eigenvalue weighted by Crippen LogP contribution is -2.36. The summed E-state index contributed by atoms with van der Waals surface area (Å²) in [5.74, 6) is 1.36. The number of nitrogens with zero attached hydrogens (tertiary/aromatic N) is 2. The van der Waals surface area contributed by atoms with Crippen LogP contribution in [0.1, 0.15) is 19.7 Å². The maximum Gasteiger partial charge on any atom is 0.166 e. The van der Waals surface area contributed by atoms with Gasteiger partial charge in [0.2, 0.25) is 0 Å². The van der Waals surface area contributed by atoms with Gasteiger partial charge in [0.1, 0.15) is 12.2 Å². The van der Waals surface area contributed by atoms with Crippen LogP contribution in [0.3, 0.4) is 0 Å². The Labute approximate surface area is 88.7 Å². The van der Waals surface area contributed by atoms with Gasteiger partial charge in [0.25, 0.3) is 0 Å². The van der Waals surface area contributed by atoms with Crippen molar-refractivity contribution in [3.05, 3.63) is 12.2 Å². The van der Waals surface area contributed by atoms with Gasteiger partial charge < -0.3 is 10.6 Å². The molecular weight excluding hydrogens is 198 g/mol. The fourth-order valence-electron chi connectivity index (χ4n) is 0.839. The fourth-order valence-corrected chi connectivity index (χ4v) is 0.995. The molecule has 0 saturated heterocycles. The molecule has 1 aromatic heterocycles. The molecule has 3 N–H and O–H groups in total. The minimum Gasteiger partial charge on any atom is -0.362 e. The Balaban J connectivity index is 2.15. The van der Waals surface area contributed by atoms with Gasteiger partial charge in [-0.05, 0) is 18.1 Å². The van der Waals surface area contributed by atoms with Gasteiger partial charge in [-0.2, -0.15) is 5.10 Å². The molecular formula is C8H15N5S. The molecule has 0 aliphatic heterocycles. The predicted molar refractivity (Wildman–Crippen MR) is 58.7 cm³/mol. The molecule has 0 spiro atoms. The molecule has 0 unspecified atom stereocenters. The smallest absolute Gasteiger partial charge is 0.166 e. The van der Waals surface area contributed by atoms with Crippen molar-refractivity contribution in [3.8, 4) is 0 Å². The van der Waals surface area contributed by atoms with Crippen LogP contribution in [-0.4, -0.2) is 26.8 Å². The Morgan fingerprint density at radius 1 is 1.57 bits per heavy atom. The fraction of sp³-hybridized carbons (Fsp3) is 0.625. The van der Waals surface area contributed by atoms with Crippen molar-refractivity contribution < 1.29 is 0 Å². The number of aromatic amines is 1. The second-order valence-electron chi connectivity index (χ2n) is 3.39. The number of aromatic nitrogens is 3. The molecule has 6 heteroatoms. The van der Waals surface area contributed by atoms with E-state index in [1.165, 1.54) is 6.33 Å². The summed E-state index contributed by atoms with van der Waals surface area (Å²) in [4.78, 5) is 3.97. The summed E-state index contributed by atoms with van der Waals surface area (Å²) >= 11 is 5.06. The third-order valence-corrected chi connectivity index (χ3v) is 1.84. The van der Waals surface area contributed by atoms with Crippen LogP contribution in [-0.2, 0) is 6.54 Å². The summed E-state index contributed by atoms with van der Waals surface area (Å²) in [6.07, 6.45) is 1.47. The van der Waals surface area contributed by atoms with Crippen molar-refractivity contribution in [2.75, 3.05) is 6.54 Å². The highest BCUT2D eigenvalue weighted by Crippen LogP contribution is 1.87. The molecule has 0 radical (unpaired) electrons. The molecule has 1 heterocycles. The van der Waals surface area contributed by atoms with Gasteiger partial charge in [-0.15, -0.1) is 0 Å². The average molecular weight is 213 g/mol. The van der Waals surface area contributed by atoms with Gasteiger partial charge in [-0.25, -0.2) is 4.98 Å². The summed E-state index contributed by atoms with van der Waals surface area (Å²) in [6.45, 7) is 5.71. The van der Waals surface area contributed by atoms with Crippen molar-refractivity contribution >= 4 is 17.3 Å². The zero-order valence-electron chi connectivity index (χ0n) is 8.37. The Kier molecular flexibility index (Phi) is 4.31. The third kappa shape index (κ3) is 4.18. The zero-order valence-corrected chi connectivity index (χ0v) is 9.19. The molecule has 1 rings (SSSR count). The number of hydrogen-bond donors (Lipinski definition) is 3. The summed E-state index contributed by atoms with van der Waals surface area (Å²) in [5.41, 5.74) is 0. The van der Waals surface area contributed by atoms with Crippen LogP contribution in [0, 0.1) is 5.92 Å². The van der Waals surface area contributed by atoms with Gasteiger partial charge in [0.05, 0.1) is 6.54 Å². The molecule has 14 heavy (non-hydrogen) atoms. The Hall–Kier alpha value is -1.17. The number of H-pyrrole nitrogens is 1. The molecule has 0 aliphatic rings. The standard InChI is InChI=1S/C8H15N5S/c1-6(2)3-9-8(14)10-4-7-11-5-12-13-7/h5-6H,3-4H2,1-2H3,(H2,9,10,14)(H,11,12,13). The van der Waals surface area contributed by atoms with Gasteiger partial charge in [-0.1, -0.05) is 13.8 Å². The van der Waals surface area contributed by atoms with Crippen molar-refractivity contribution in [1.29, 1.82) is 0 Å². The average Bonchev–Trinajstić information content (AvgIpc) is 2.63. The number of thiocarbonyl (C=S) groups is 1. The first-order chi connectivity index (χ1) is 6.68. The lowest BCUT2D eigenvalue weighted by Gasteiger charge is -2.10. The molecule has 5 nitrogen and oxygen atoms in total. The normalized spacial score (nSPS) is 10.2. The van der Waals surface area contributed by atoms with Crippen LogP contribution >= 0.6 is 12.2 Å². The number of nitrogens with one attached hydrogen (secondary N) is 3. The monoisotopic (exact) mass is 213 g/mol. The van der Waals surface area contributed by atoms with E-state index in [2.05, 4.69) is 39.7 Å². The molecule has 0 saturated carbocycles. The van der Waals surface area contributed by atoms with E-state index in [1.807, 2.05) is 0 Å². The Morgan fingerprint density at radius 3 is 2.93 bits per heavy atom. The number of hydrogen-bond acceptors (Lipinski definition) is 3. The highest BCUT2D eigenvalue weighted by Gasteiger charge is 1.98. The van der Waals surface area contributed by atoms with E-state index in [9.17, 15) is 0 Å². The summed E-state index contributed by atoms with van der Waals surface area (Å²) in [6, 6.07) is 0. The van der Waals surface area contributed by atoms with Crippen molar-refractivity contribution in [2.24, 2.45) is 5.92 Å². The second-order valence-corrected chi connectivity index (χ2v) is 3.80. The summed E-state index contributed by atoms with van der Waals surface area (Å²) in [7, 11) is 0. The van der Waals surface area contributed by atoms with Crippen molar-refractivity contribution in [2.45, 2.75) is 20.4 Å². The maximum atomic E-state index is 5.06. The number of rotatable bonds is 4. The van der Waals surface area contributed by atoms with Crippen LogP contribution in [0.4, 0.5) is 0 Å². The Morgan fingerprint density at radius 2 is 2.36 bits per heavy atom. The Bertz CT molecular complexity index is 269. The highest BCUT2D eigenvalue weighted by molar-refractivity contribution is 7.80. The minimum atomic E-state index is 0.573. The van der Waals surface area contributed by atoms with Crippen LogP contribution in [0.2, 0.25) is 0 Å². The molecule has 0 bridgehead atoms. The first-order valence-corrected chi connectivity index (χ1v) is 4.95. The second kappa shape index (κ2) is 5.54. The van der Waals surface area contributed by atoms with Crippen LogP contribution in [0.5, 0.6) is 0 Å².